The van der Waals surface area contributed by atoms with Gasteiger partial charge in [-0.2, -0.15) is 0 Å². The van der Waals surface area contributed by atoms with E-state index in [2.05, 4.69) is 5.32 Å². The van der Waals surface area contributed by atoms with E-state index in [1.165, 1.54) is 4.90 Å². The SMILES string of the molecule is CNC(=O)CN1CCN(c2ccc(OC)c(OC)c2)C1=O. The highest BCUT2D eigenvalue weighted by molar-refractivity contribution is 5.96. The van der Waals surface area contributed by atoms with Gasteiger partial charge >= 0.3 is 6.03 Å². The molecule has 0 atom stereocenters. The van der Waals surface area contributed by atoms with E-state index >= 15 is 0 Å². The Hall–Kier alpha value is -2.44. The monoisotopic (exact) mass is 293 g/mol. The molecule has 1 aliphatic heterocycles. The molecule has 1 saturated heterocycles. The number of benzene rings is 1. The molecule has 0 spiro atoms. The molecule has 2 rings (SSSR count). The third-order valence-electron chi connectivity index (χ3n) is 3.39. The van der Waals surface area contributed by atoms with Crippen LogP contribution in [0.4, 0.5) is 10.5 Å². The molecule has 0 saturated carbocycles. The fraction of sp³-hybridized carbons (Fsp3) is 0.429. The topological polar surface area (TPSA) is 71.1 Å². The number of carbonyl (C=O) groups excluding carboxylic acids is 2. The average Bonchev–Trinajstić information content (AvgIpc) is 2.87. The molecule has 7 nitrogen and oxygen atoms in total. The molecule has 21 heavy (non-hydrogen) atoms. The van der Waals surface area contributed by atoms with Crippen molar-refractivity contribution in [1.82, 2.24) is 10.2 Å². The van der Waals surface area contributed by atoms with Gasteiger partial charge in [-0.15, -0.1) is 0 Å². The molecule has 1 fully saturated rings. The molecule has 0 bridgehead atoms. The van der Waals surface area contributed by atoms with E-state index in [9.17, 15) is 9.59 Å². The van der Waals surface area contributed by atoms with Gasteiger partial charge in [0, 0.05) is 31.9 Å². The standard InChI is InChI=1S/C14H19N3O4/c1-15-13(18)9-16-6-7-17(14(16)19)10-4-5-11(20-2)12(8-10)21-3/h4-5,8H,6-7,9H2,1-3H3,(H,15,18). The first-order valence-corrected chi connectivity index (χ1v) is 6.59. The highest BCUT2D eigenvalue weighted by Crippen LogP contribution is 2.32. The summed E-state index contributed by atoms with van der Waals surface area (Å²) in [5.74, 6) is 0.986. The van der Waals surface area contributed by atoms with E-state index in [1.807, 2.05) is 0 Å². The predicted molar refractivity (Wildman–Crippen MR) is 77.9 cm³/mol. The van der Waals surface area contributed by atoms with Crippen molar-refractivity contribution in [3.63, 3.8) is 0 Å². The normalized spacial score (nSPS) is 14.3. The van der Waals surface area contributed by atoms with Gasteiger partial charge in [0.2, 0.25) is 5.91 Å². The Bertz CT molecular complexity index is 547. The molecule has 3 amide bonds. The fourth-order valence-corrected chi connectivity index (χ4v) is 2.21. The van der Waals surface area contributed by atoms with E-state index < -0.39 is 0 Å². The lowest BCUT2D eigenvalue weighted by Crippen LogP contribution is -2.38. The van der Waals surface area contributed by atoms with E-state index in [4.69, 9.17) is 9.47 Å². The zero-order valence-corrected chi connectivity index (χ0v) is 12.4. The first-order valence-electron chi connectivity index (χ1n) is 6.59. The second-order valence-electron chi connectivity index (χ2n) is 4.57. The van der Waals surface area contributed by atoms with Crippen LogP contribution in [0.15, 0.2) is 18.2 Å². The van der Waals surface area contributed by atoms with Gasteiger partial charge in [0.1, 0.15) is 6.54 Å². The number of methoxy groups -OCH3 is 2. The minimum atomic E-state index is -0.189. The quantitative estimate of drug-likeness (QED) is 0.867. The first kappa shape index (κ1) is 15.0. The third-order valence-corrected chi connectivity index (χ3v) is 3.39. The van der Waals surface area contributed by atoms with Crippen LogP contribution >= 0.6 is 0 Å². The van der Waals surface area contributed by atoms with Crippen molar-refractivity contribution in [1.29, 1.82) is 0 Å². The number of anilines is 1. The summed E-state index contributed by atoms with van der Waals surface area (Å²) < 4.78 is 10.4. The maximum absolute atomic E-state index is 12.3. The van der Waals surface area contributed by atoms with Gasteiger partial charge in [-0.25, -0.2) is 4.79 Å². The van der Waals surface area contributed by atoms with Crippen LogP contribution < -0.4 is 19.7 Å². The largest absolute Gasteiger partial charge is 0.493 e. The Morgan fingerprint density at radius 2 is 1.95 bits per heavy atom. The average molecular weight is 293 g/mol. The molecule has 0 aliphatic carbocycles. The molecule has 1 aromatic carbocycles. The molecular weight excluding hydrogens is 274 g/mol. The summed E-state index contributed by atoms with van der Waals surface area (Å²) in [6.07, 6.45) is 0. The zero-order valence-electron chi connectivity index (χ0n) is 12.4. The number of hydrogen-bond donors (Lipinski definition) is 1. The van der Waals surface area contributed by atoms with Crippen LogP contribution in [0.3, 0.4) is 0 Å². The molecule has 7 heteroatoms. The second-order valence-corrected chi connectivity index (χ2v) is 4.57. The van der Waals surface area contributed by atoms with Crippen molar-refractivity contribution in [2.75, 3.05) is 45.8 Å². The number of nitrogens with one attached hydrogen (secondary N) is 1. The lowest BCUT2D eigenvalue weighted by atomic mass is 10.2. The van der Waals surface area contributed by atoms with Gasteiger partial charge in [-0.1, -0.05) is 0 Å². The summed E-state index contributed by atoms with van der Waals surface area (Å²) in [7, 11) is 4.66. The number of rotatable bonds is 5. The number of ether oxygens (including phenoxy) is 2. The van der Waals surface area contributed by atoms with Crippen LogP contribution in [0.2, 0.25) is 0 Å². The van der Waals surface area contributed by atoms with Crippen molar-refractivity contribution in [3.05, 3.63) is 18.2 Å². The summed E-state index contributed by atoms with van der Waals surface area (Å²) in [6, 6.07) is 5.11. The molecular formula is C14H19N3O4. The van der Waals surface area contributed by atoms with E-state index in [1.54, 1.807) is 44.4 Å². The minimum absolute atomic E-state index is 0.0686. The Labute approximate surface area is 123 Å². The number of nitrogens with zero attached hydrogens (tertiary/aromatic N) is 2. The molecule has 1 aliphatic rings. The van der Waals surface area contributed by atoms with Crippen molar-refractivity contribution in [3.8, 4) is 11.5 Å². The lowest BCUT2D eigenvalue weighted by Gasteiger charge is -2.19. The smallest absolute Gasteiger partial charge is 0.325 e. The number of carbonyl (C=O) groups is 2. The van der Waals surface area contributed by atoms with Gasteiger partial charge in [-0.05, 0) is 12.1 Å². The molecule has 1 aromatic rings. The zero-order chi connectivity index (χ0) is 15.4. The van der Waals surface area contributed by atoms with Crippen LogP contribution in [-0.4, -0.2) is 57.7 Å². The number of hydrogen-bond acceptors (Lipinski definition) is 4. The minimum Gasteiger partial charge on any atom is -0.493 e. The van der Waals surface area contributed by atoms with Crippen molar-refractivity contribution >= 4 is 17.6 Å². The van der Waals surface area contributed by atoms with Crippen LogP contribution in [0, 0.1) is 0 Å². The predicted octanol–water partition coefficient (Wildman–Crippen LogP) is 0.692. The van der Waals surface area contributed by atoms with Crippen molar-refractivity contribution in [2.24, 2.45) is 0 Å². The Kier molecular flexibility index (Phi) is 4.52. The van der Waals surface area contributed by atoms with Gasteiger partial charge < -0.3 is 19.7 Å². The third kappa shape index (κ3) is 3.01. The number of amides is 3. The molecule has 0 radical (unpaired) electrons. The summed E-state index contributed by atoms with van der Waals surface area (Å²) in [5, 5.41) is 2.51. The lowest BCUT2D eigenvalue weighted by molar-refractivity contribution is -0.121. The maximum Gasteiger partial charge on any atom is 0.325 e. The Morgan fingerprint density at radius 3 is 2.57 bits per heavy atom. The molecule has 1 N–H and O–H groups in total. The summed E-state index contributed by atoms with van der Waals surface area (Å²) in [6.45, 7) is 1.12. The van der Waals surface area contributed by atoms with Crippen LogP contribution in [0.1, 0.15) is 0 Å². The van der Waals surface area contributed by atoms with Gasteiger partial charge in [0.05, 0.1) is 14.2 Å². The molecule has 1 heterocycles. The van der Waals surface area contributed by atoms with Crippen molar-refractivity contribution < 1.29 is 19.1 Å². The van der Waals surface area contributed by atoms with E-state index in [0.29, 0.717) is 24.6 Å². The highest BCUT2D eigenvalue weighted by Gasteiger charge is 2.31. The van der Waals surface area contributed by atoms with Gasteiger partial charge in [-0.3, -0.25) is 9.69 Å². The maximum atomic E-state index is 12.3. The van der Waals surface area contributed by atoms with Crippen molar-refractivity contribution in [2.45, 2.75) is 0 Å². The van der Waals surface area contributed by atoms with Crippen LogP contribution in [0.5, 0.6) is 11.5 Å². The van der Waals surface area contributed by atoms with Gasteiger partial charge in [0.15, 0.2) is 11.5 Å². The first-order chi connectivity index (χ1) is 10.1. The van der Waals surface area contributed by atoms with Crippen LogP contribution in [0.25, 0.3) is 0 Å². The Balaban J connectivity index is 2.16. The molecule has 114 valence electrons. The summed E-state index contributed by atoms with van der Waals surface area (Å²) in [4.78, 5) is 26.8. The van der Waals surface area contributed by atoms with E-state index in [-0.39, 0.29) is 18.5 Å². The summed E-state index contributed by atoms with van der Waals surface area (Å²) in [5.41, 5.74) is 0.719. The summed E-state index contributed by atoms with van der Waals surface area (Å²) >= 11 is 0. The highest BCUT2D eigenvalue weighted by atomic mass is 16.5. The molecule has 0 aromatic heterocycles. The van der Waals surface area contributed by atoms with E-state index in [0.717, 1.165) is 5.69 Å². The van der Waals surface area contributed by atoms with Gasteiger partial charge in [0.25, 0.3) is 0 Å². The fourth-order valence-electron chi connectivity index (χ4n) is 2.21. The molecule has 0 unspecified atom stereocenters. The van der Waals surface area contributed by atoms with Crippen LogP contribution in [-0.2, 0) is 4.79 Å². The second kappa shape index (κ2) is 6.34. The number of likely N-dealkylation sites (N-methyl/N-ethyl adjacent to an activating group) is 1. The number of urea groups is 1. The Morgan fingerprint density at radius 1 is 1.24 bits per heavy atom.